The van der Waals surface area contributed by atoms with Gasteiger partial charge in [0.1, 0.15) is 17.3 Å². The van der Waals surface area contributed by atoms with Crippen LogP contribution in [0.1, 0.15) is 43.7 Å². The minimum Gasteiger partial charge on any atom is -0.507 e. The third kappa shape index (κ3) is 3.52. The predicted molar refractivity (Wildman–Crippen MR) is 113 cm³/mol. The molecule has 0 radical (unpaired) electrons. The van der Waals surface area contributed by atoms with Crippen molar-refractivity contribution in [3.63, 3.8) is 0 Å². The van der Waals surface area contributed by atoms with Crippen molar-refractivity contribution in [2.45, 2.75) is 32.2 Å². The maximum Gasteiger partial charge on any atom is 0.301 e. The van der Waals surface area contributed by atoms with Crippen LogP contribution in [0.25, 0.3) is 5.76 Å². The molecule has 7 heteroatoms. The SMILES string of the molecule is CC(C)(C)c1cc(N2C(=O)C(=O)/C(=C(\O)c3ccccc3)C2c2ccccc2F)no1. The molecule has 3 aromatic rings. The van der Waals surface area contributed by atoms with E-state index in [4.69, 9.17) is 4.52 Å². The van der Waals surface area contributed by atoms with E-state index in [9.17, 15) is 19.1 Å². The molecule has 1 aliphatic rings. The zero-order chi connectivity index (χ0) is 22.3. The first kappa shape index (κ1) is 20.5. The van der Waals surface area contributed by atoms with Crippen molar-refractivity contribution < 1.29 is 23.6 Å². The lowest BCUT2D eigenvalue weighted by atomic mass is 9.93. The number of aliphatic hydroxyl groups excluding tert-OH is 1. The zero-order valence-corrected chi connectivity index (χ0v) is 17.3. The average Bonchev–Trinajstić information content (AvgIpc) is 3.32. The van der Waals surface area contributed by atoms with Crippen LogP contribution >= 0.6 is 0 Å². The molecule has 0 aliphatic carbocycles. The van der Waals surface area contributed by atoms with Crippen LogP contribution in [0.4, 0.5) is 10.2 Å². The largest absolute Gasteiger partial charge is 0.507 e. The molecule has 1 N–H and O–H groups in total. The lowest BCUT2D eigenvalue weighted by molar-refractivity contribution is -0.132. The number of aliphatic hydroxyl groups is 1. The van der Waals surface area contributed by atoms with Crippen molar-refractivity contribution in [3.8, 4) is 0 Å². The molecule has 0 spiro atoms. The normalized spacial score (nSPS) is 18.6. The van der Waals surface area contributed by atoms with Crippen molar-refractivity contribution in [2.75, 3.05) is 4.90 Å². The molecule has 1 amide bonds. The van der Waals surface area contributed by atoms with Gasteiger partial charge >= 0.3 is 5.91 Å². The van der Waals surface area contributed by atoms with E-state index in [1.807, 2.05) is 20.8 Å². The third-order valence-electron chi connectivity index (χ3n) is 5.18. The molecule has 2 heterocycles. The van der Waals surface area contributed by atoms with Gasteiger partial charge in [0.2, 0.25) is 0 Å². The fraction of sp³-hybridized carbons (Fsp3) is 0.208. The third-order valence-corrected chi connectivity index (χ3v) is 5.18. The lowest BCUT2D eigenvalue weighted by Crippen LogP contribution is -2.30. The summed E-state index contributed by atoms with van der Waals surface area (Å²) in [5.41, 5.74) is -0.186. The zero-order valence-electron chi connectivity index (χ0n) is 17.3. The molecule has 0 bridgehead atoms. The molecule has 1 atom stereocenters. The van der Waals surface area contributed by atoms with E-state index in [-0.39, 0.29) is 22.7 Å². The minimum absolute atomic E-state index is 0.0690. The first-order valence-electron chi connectivity index (χ1n) is 9.78. The van der Waals surface area contributed by atoms with Crippen LogP contribution in [-0.4, -0.2) is 22.0 Å². The van der Waals surface area contributed by atoms with Gasteiger partial charge in [-0.25, -0.2) is 4.39 Å². The minimum atomic E-state index is -1.20. The summed E-state index contributed by atoms with van der Waals surface area (Å²) in [4.78, 5) is 27.1. The number of carbonyl (C=O) groups is 2. The standard InChI is InChI=1S/C24H21FN2O4/c1-24(2,3)17-13-18(26-31-17)27-20(15-11-7-8-12-16(15)25)19(22(29)23(27)30)21(28)14-9-5-4-6-10-14/h4-13,20,28H,1-3H3/b21-19-. The lowest BCUT2D eigenvalue weighted by Gasteiger charge is -2.23. The summed E-state index contributed by atoms with van der Waals surface area (Å²) in [6.07, 6.45) is 0. The fourth-order valence-electron chi connectivity index (χ4n) is 3.54. The molecule has 4 rings (SSSR count). The molecule has 158 valence electrons. The Morgan fingerprint density at radius 2 is 1.71 bits per heavy atom. The van der Waals surface area contributed by atoms with E-state index in [1.165, 1.54) is 18.2 Å². The van der Waals surface area contributed by atoms with Crippen LogP contribution < -0.4 is 4.90 Å². The smallest absolute Gasteiger partial charge is 0.301 e. The monoisotopic (exact) mass is 420 g/mol. The Bertz CT molecular complexity index is 1190. The van der Waals surface area contributed by atoms with Gasteiger partial charge in [0.05, 0.1) is 11.6 Å². The Labute approximate surface area is 178 Å². The molecule has 1 saturated heterocycles. The van der Waals surface area contributed by atoms with Crippen LogP contribution in [-0.2, 0) is 15.0 Å². The number of aromatic nitrogens is 1. The van der Waals surface area contributed by atoms with Gasteiger partial charge < -0.3 is 9.63 Å². The highest BCUT2D eigenvalue weighted by atomic mass is 19.1. The second kappa shape index (κ2) is 7.50. The number of anilines is 1. The highest BCUT2D eigenvalue weighted by molar-refractivity contribution is 6.51. The van der Waals surface area contributed by atoms with Crippen molar-refractivity contribution in [1.82, 2.24) is 5.16 Å². The Kier molecular flexibility index (Phi) is 4.97. The molecule has 2 aromatic carbocycles. The fourth-order valence-corrected chi connectivity index (χ4v) is 3.54. The quantitative estimate of drug-likeness (QED) is 0.376. The predicted octanol–water partition coefficient (Wildman–Crippen LogP) is 4.74. The molecule has 1 unspecified atom stereocenters. The van der Waals surface area contributed by atoms with E-state index in [1.54, 1.807) is 42.5 Å². The summed E-state index contributed by atoms with van der Waals surface area (Å²) < 4.78 is 20.2. The molecule has 6 nitrogen and oxygen atoms in total. The Morgan fingerprint density at radius 1 is 1.06 bits per heavy atom. The molecule has 1 aromatic heterocycles. The van der Waals surface area contributed by atoms with E-state index in [2.05, 4.69) is 5.16 Å². The molecule has 1 aliphatic heterocycles. The summed E-state index contributed by atoms with van der Waals surface area (Å²) in [5.74, 6) is -2.26. The van der Waals surface area contributed by atoms with Gasteiger partial charge in [-0.15, -0.1) is 0 Å². The Hall–Kier alpha value is -3.74. The molecule has 31 heavy (non-hydrogen) atoms. The van der Waals surface area contributed by atoms with Gasteiger partial charge in [0.25, 0.3) is 5.78 Å². The van der Waals surface area contributed by atoms with Crippen molar-refractivity contribution >= 4 is 23.3 Å². The number of hydrogen-bond acceptors (Lipinski definition) is 5. The van der Waals surface area contributed by atoms with Crippen LogP contribution in [0, 0.1) is 5.82 Å². The van der Waals surface area contributed by atoms with Gasteiger partial charge in [-0.05, 0) is 6.07 Å². The van der Waals surface area contributed by atoms with E-state index < -0.39 is 29.0 Å². The average molecular weight is 420 g/mol. The highest BCUT2D eigenvalue weighted by Crippen LogP contribution is 2.43. The molecular formula is C24H21FN2O4. The first-order valence-corrected chi connectivity index (χ1v) is 9.78. The van der Waals surface area contributed by atoms with Crippen LogP contribution in [0.15, 0.2) is 70.8 Å². The maximum absolute atomic E-state index is 14.8. The van der Waals surface area contributed by atoms with Gasteiger partial charge in [-0.2, -0.15) is 0 Å². The number of nitrogens with zero attached hydrogens (tertiary/aromatic N) is 2. The Balaban J connectivity index is 1.95. The summed E-state index contributed by atoms with van der Waals surface area (Å²) in [6, 6.07) is 14.5. The highest BCUT2D eigenvalue weighted by Gasteiger charge is 2.49. The number of ketones is 1. The molecule has 0 saturated carbocycles. The number of halogens is 1. The van der Waals surface area contributed by atoms with Crippen molar-refractivity contribution in [2.24, 2.45) is 0 Å². The Morgan fingerprint density at radius 3 is 2.32 bits per heavy atom. The summed E-state index contributed by atoms with van der Waals surface area (Å²) >= 11 is 0. The van der Waals surface area contributed by atoms with Crippen LogP contribution in [0.5, 0.6) is 0 Å². The summed E-state index contributed by atoms with van der Waals surface area (Å²) in [7, 11) is 0. The molecule has 1 fully saturated rings. The van der Waals surface area contributed by atoms with Gasteiger partial charge in [-0.1, -0.05) is 74.5 Å². The summed E-state index contributed by atoms with van der Waals surface area (Å²) in [5, 5.41) is 14.9. The summed E-state index contributed by atoms with van der Waals surface area (Å²) in [6.45, 7) is 5.74. The molecular weight excluding hydrogens is 399 g/mol. The van der Waals surface area contributed by atoms with Crippen LogP contribution in [0.3, 0.4) is 0 Å². The van der Waals surface area contributed by atoms with E-state index in [0.29, 0.717) is 11.3 Å². The van der Waals surface area contributed by atoms with Crippen molar-refractivity contribution in [3.05, 3.63) is 88.9 Å². The topological polar surface area (TPSA) is 83.6 Å². The second-order valence-electron chi connectivity index (χ2n) is 8.36. The maximum atomic E-state index is 14.8. The van der Waals surface area contributed by atoms with Crippen molar-refractivity contribution in [1.29, 1.82) is 0 Å². The van der Waals surface area contributed by atoms with Gasteiger partial charge in [-0.3, -0.25) is 14.5 Å². The number of Topliss-reactive ketones (excluding diaryl/α,β-unsaturated/α-hetero) is 1. The van der Waals surface area contributed by atoms with Gasteiger partial charge in [0, 0.05) is 22.6 Å². The first-order chi connectivity index (χ1) is 14.7. The van der Waals surface area contributed by atoms with E-state index >= 15 is 0 Å². The second-order valence-corrected chi connectivity index (χ2v) is 8.36. The number of benzene rings is 2. The number of carbonyl (C=O) groups excluding carboxylic acids is 2. The number of amides is 1. The number of rotatable bonds is 3. The number of hydrogen-bond donors (Lipinski definition) is 1. The van der Waals surface area contributed by atoms with Gasteiger partial charge in [0.15, 0.2) is 5.82 Å². The van der Waals surface area contributed by atoms with E-state index in [0.717, 1.165) is 4.90 Å². The van der Waals surface area contributed by atoms with Crippen LogP contribution in [0.2, 0.25) is 0 Å².